The minimum atomic E-state index is -0.791. The van der Waals surface area contributed by atoms with Crippen molar-refractivity contribution in [3.63, 3.8) is 0 Å². The number of carbonyl (C=O) groups is 1. The van der Waals surface area contributed by atoms with Crippen molar-refractivity contribution in [1.29, 1.82) is 5.41 Å². The first-order chi connectivity index (χ1) is 5.04. The molecule has 15 heavy (non-hydrogen) atoms. The highest BCUT2D eigenvalue weighted by Gasteiger charge is 2.05. The molecule has 0 radical (unpaired) electrons. The molecule has 0 saturated heterocycles. The third-order valence-corrected chi connectivity index (χ3v) is 1.56. The molecule has 0 heterocycles. The van der Waals surface area contributed by atoms with Crippen LogP contribution in [0.25, 0.3) is 0 Å². The predicted molar refractivity (Wildman–Crippen MR) is 57.0 cm³/mol. The van der Waals surface area contributed by atoms with Crippen LogP contribution in [0.2, 0.25) is 0 Å². The van der Waals surface area contributed by atoms with Gasteiger partial charge in [-0.25, -0.2) is 0 Å². The Morgan fingerprint density at radius 3 is 2.00 bits per heavy atom. The predicted octanol–water partition coefficient (Wildman–Crippen LogP) is -2.49. The van der Waals surface area contributed by atoms with Gasteiger partial charge < -0.3 is 32.7 Å². The van der Waals surface area contributed by atoms with Crippen LogP contribution in [0.15, 0.2) is 0 Å². The van der Waals surface area contributed by atoms with E-state index in [4.69, 9.17) is 16.2 Å². The summed E-state index contributed by atoms with van der Waals surface area (Å²) in [5, 5.41) is 15.3. The second kappa shape index (κ2) is 15.3. The second-order valence-corrected chi connectivity index (χ2v) is 2.64. The molecule has 1 unspecified atom stereocenters. The van der Waals surface area contributed by atoms with Crippen LogP contribution in [0.5, 0.6) is 0 Å². The van der Waals surface area contributed by atoms with Gasteiger partial charge in [0, 0.05) is 12.3 Å². The van der Waals surface area contributed by atoms with Gasteiger partial charge in [0.1, 0.15) is 0 Å². The fourth-order valence-electron chi connectivity index (χ4n) is 0.715. The van der Waals surface area contributed by atoms with E-state index in [0.717, 1.165) is 0 Å². The zero-order valence-corrected chi connectivity index (χ0v) is 8.63. The van der Waals surface area contributed by atoms with E-state index < -0.39 is 5.97 Å². The van der Waals surface area contributed by atoms with Crippen molar-refractivity contribution in [2.24, 2.45) is 11.7 Å². The maximum absolute atomic E-state index is 10.1. The molecule has 0 spiro atoms. The van der Waals surface area contributed by atoms with Gasteiger partial charge in [0.2, 0.25) is 0 Å². The normalized spacial score (nSPS) is 9.13. The largest absolute Gasteiger partial charge is 0.481 e. The lowest BCUT2D eigenvalue weighted by Crippen LogP contribution is -2.19. The number of amidine groups is 1. The Morgan fingerprint density at radius 2 is 1.73 bits per heavy atom. The first kappa shape index (κ1) is 29.2. The summed E-state index contributed by atoms with van der Waals surface area (Å²) in [7, 11) is 0. The third-order valence-electron chi connectivity index (χ3n) is 1.56. The SMILES string of the molecule is CC(CCCC(=O)O)C(=N)N.O.O.O.O. The molecule has 12 N–H and O–H groups in total. The van der Waals surface area contributed by atoms with Crippen LogP contribution in [0.3, 0.4) is 0 Å². The quantitative estimate of drug-likeness (QED) is 0.345. The van der Waals surface area contributed by atoms with E-state index in [-0.39, 0.29) is 40.1 Å². The fourth-order valence-corrected chi connectivity index (χ4v) is 0.715. The molecule has 1 atom stereocenters. The van der Waals surface area contributed by atoms with Gasteiger partial charge in [0.25, 0.3) is 0 Å². The van der Waals surface area contributed by atoms with Gasteiger partial charge in [-0.3, -0.25) is 10.2 Å². The van der Waals surface area contributed by atoms with E-state index in [0.29, 0.717) is 12.8 Å². The van der Waals surface area contributed by atoms with Crippen LogP contribution in [0, 0.1) is 11.3 Å². The Balaban J connectivity index is -0.0000000833. The van der Waals surface area contributed by atoms with Crippen molar-refractivity contribution in [2.45, 2.75) is 26.2 Å². The number of rotatable bonds is 5. The first-order valence-electron chi connectivity index (χ1n) is 3.59. The van der Waals surface area contributed by atoms with Crippen LogP contribution < -0.4 is 5.73 Å². The molecule has 8 nitrogen and oxygen atoms in total. The van der Waals surface area contributed by atoms with Crippen molar-refractivity contribution in [3.05, 3.63) is 0 Å². The van der Waals surface area contributed by atoms with E-state index in [2.05, 4.69) is 0 Å². The highest BCUT2D eigenvalue weighted by molar-refractivity contribution is 5.79. The van der Waals surface area contributed by atoms with Crippen LogP contribution in [0.4, 0.5) is 0 Å². The van der Waals surface area contributed by atoms with Crippen molar-refractivity contribution >= 4 is 11.8 Å². The highest BCUT2D eigenvalue weighted by Crippen LogP contribution is 2.06. The van der Waals surface area contributed by atoms with Crippen molar-refractivity contribution in [2.75, 3.05) is 0 Å². The molecule has 0 aromatic carbocycles. The van der Waals surface area contributed by atoms with Gasteiger partial charge in [0.05, 0.1) is 5.84 Å². The number of nitrogens with two attached hydrogens (primary N) is 1. The second-order valence-electron chi connectivity index (χ2n) is 2.64. The Morgan fingerprint density at radius 1 is 1.33 bits per heavy atom. The molecule has 96 valence electrons. The number of carboxylic acids is 1. The van der Waals surface area contributed by atoms with Gasteiger partial charge in [-0.2, -0.15) is 0 Å². The Kier molecular flexibility index (Phi) is 29.7. The molecule has 0 aliphatic carbocycles. The topological polar surface area (TPSA) is 213 Å². The molecule has 0 rings (SSSR count). The summed E-state index contributed by atoms with van der Waals surface area (Å²) < 4.78 is 0. The van der Waals surface area contributed by atoms with Crippen molar-refractivity contribution in [3.8, 4) is 0 Å². The average Bonchev–Trinajstić information content (AvgIpc) is 1.86. The van der Waals surface area contributed by atoms with Crippen molar-refractivity contribution < 1.29 is 31.8 Å². The zero-order chi connectivity index (χ0) is 8.85. The molecule has 0 aromatic rings. The molecular weight excluding hydrogens is 208 g/mol. The molecular formula is C7H22N2O6. The van der Waals surface area contributed by atoms with Crippen LogP contribution in [-0.4, -0.2) is 38.8 Å². The summed E-state index contributed by atoms with van der Waals surface area (Å²) in [6.45, 7) is 1.82. The lowest BCUT2D eigenvalue weighted by molar-refractivity contribution is -0.137. The number of aliphatic carboxylic acids is 1. The smallest absolute Gasteiger partial charge is 0.303 e. The van der Waals surface area contributed by atoms with E-state index in [9.17, 15) is 4.79 Å². The zero-order valence-electron chi connectivity index (χ0n) is 8.63. The molecule has 0 aliphatic rings. The molecule has 0 fully saturated rings. The Bertz CT molecular complexity index is 164. The summed E-state index contributed by atoms with van der Waals surface area (Å²) in [4.78, 5) is 10.1. The fraction of sp³-hybridized carbons (Fsp3) is 0.714. The summed E-state index contributed by atoms with van der Waals surface area (Å²) in [6, 6.07) is 0. The molecule has 0 aliphatic heterocycles. The van der Waals surface area contributed by atoms with Gasteiger partial charge >= 0.3 is 5.97 Å². The first-order valence-corrected chi connectivity index (χ1v) is 3.59. The Hall–Kier alpha value is -1.22. The lowest BCUT2D eigenvalue weighted by Gasteiger charge is -2.06. The molecule has 8 heteroatoms. The highest BCUT2D eigenvalue weighted by atomic mass is 16.4. The summed E-state index contributed by atoms with van der Waals surface area (Å²) in [6.07, 6.45) is 1.44. The lowest BCUT2D eigenvalue weighted by atomic mass is 10.0. The van der Waals surface area contributed by atoms with Gasteiger partial charge in [-0.1, -0.05) is 6.92 Å². The van der Waals surface area contributed by atoms with E-state index in [1.165, 1.54) is 0 Å². The van der Waals surface area contributed by atoms with E-state index in [1.54, 1.807) is 0 Å². The molecule has 0 aromatic heterocycles. The monoisotopic (exact) mass is 230 g/mol. The number of carboxylic acid groups (broad SMARTS) is 1. The van der Waals surface area contributed by atoms with Gasteiger partial charge in [-0.05, 0) is 12.8 Å². The van der Waals surface area contributed by atoms with Crippen LogP contribution in [-0.2, 0) is 4.79 Å². The minimum Gasteiger partial charge on any atom is -0.481 e. The van der Waals surface area contributed by atoms with Gasteiger partial charge in [0.15, 0.2) is 0 Å². The minimum absolute atomic E-state index is 0. The van der Waals surface area contributed by atoms with Crippen LogP contribution in [0.1, 0.15) is 26.2 Å². The summed E-state index contributed by atoms with van der Waals surface area (Å²) in [5.41, 5.74) is 5.19. The summed E-state index contributed by atoms with van der Waals surface area (Å²) >= 11 is 0. The third kappa shape index (κ3) is 19.3. The van der Waals surface area contributed by atoms with Crippen LogP contribution >= 0.6 is 0 Å². The standard InChI is InChI=1S/C7H14N2O2.4H2O/c1-5(7(8)9)3-2-4-6(10)11;;;;/h5H,2-4H2,1H3,(H3,8,9)(H,10,11);4*1H2. The molecule has 0 saturated carbocycles. The van der Waals surface area contributed by atoms with Crippen molar-refractivity contribution in [1.82, 2.24) is 0 Å². The van der Waals surface area contributed by atoms with E-state index >= 15 is 0 Å². The maximum Gasteiger partial charge on any atom is 0.303 e. The maximum atomic E-state index is 10.1. The molecule has 0 bridgehead atoms. The summed E-state index contributed by atoms with van der Waals surface area (Å²) in [5.74, 6) is -0.648. The van der Waals surface area contributed by atoms with Gasteiger partial charge in [-0.15, -0.1) is 0 Å². The van der Waals surface area contributed by atoms with E-state index in [1.807, 2.05) is 6.92 Å². The number of hydrogen-bond acceptors (Lipinski definition) is 2. The Labute approximate surface area is 87.8 Å². The molecule has 0 amide bonds. The number of hydrogen-bond donors (Lipinski definition) is 3. The average molecular weight is 230 g/mol. The number of nitrogens with one attached hydrogen (secondary N) is 1.